The third-order valence-electron chi connectivity index (χ3n) is 5.02. The molecule has 0 amide bonds. The lowest BCUT2D eigenvalue weighted by Crippen LogP contribution is -2.32. The van der Waals surface area contributed by atoms with Crippen LogP contribution in [0.5, 0.6) is 0 Å². The zero-order valence-electron chi connectivity index (χ0n) is 19.4. The van der Waals surface area contributed by atoms with Crippen LogP contribution in [0.1, 0.15) is 40.3 Å². The first-order chi connectivity index (χ1) is 16.5. The monoisotopic (exact) mass is 509 g/mol. The van der Waals surface area contributed by atoms with Crippen molar-refractivity contribution in [2.75, 3.05) is 19.8 Å². The fourth-order valence-corrected chi connectivity index (χ4v) is 4.29. The number of nitrogens with zero attached hydrogens (tertiary/aromatic N) is 1. The van der Waals surface area contributed by atoms with Crippen LogP contribution in [0.25, 0.3) is 10.9 Å². The van der Waals surface area contributed by atoms with Gasteiger partial charge in [0.2, 0.25) is 0 Å². The number of alkyl halides is 2. The smallest absolute Gasteiger partial charge is 0.354 e. The van der Waals surface area contributed by atoms with Crippen LogP contribution in [-0.4, -0.2) is 50.7 Å². The Morgan fingerprint density at radius 1 is 0.943 bits per heavy atom. The number of ether oxygens (including phenoxy) is 2. The average molecular weight is 510 g/mol. The van der Waals surface area contributed by atoms with Gasteiger partial charge in [-0.05, 0) is 51.1 Å². The SMILES string of the molecule is CCOC(=O)c1ccc2cc(C(=O)OCC)n(CC(F)(F)COS(=O)(=O)c3ccc(C)cc3)c2c1. The summed E-state index contributed by atoms with van der Waals surface area (Å²) in [4.78, 5) is 24.4. The Morgan fingerprint density at radius 2 is 1.57 bits per heavy atom. The molecule has 0 saturated carbocycles. The van der Waals surface area contributed by atoms with Crippen molar-refractivity contribution in [1.29, 1.82) is 0 Å². The van der Waals surface area contributed by atoms with Crippen LogP contribution in [-0.2, 0) is 30.3 Å². The van der Waals surface area contributed by atoms with Crippen molar-refractivity contribution >= 4 is 33.0 Å². The lowest BCUT2D eigenvalue weighted by molar-refractivity contribution is -0.0526. The molecule has 1 aromatic heterocycles. The number of fused-ring (bicyclic) bond motifs is 1. The summed E-state index contributed by atoms with van der Waals surface area (Å²) in [6.07, 6.45) is 0. The molecule has 0 N–H and O–H groups in total. The number of rotatable bonds is 10. The van der Waals surface area contributed by atoms with Crippen molar-refractivity contribution in [3.63, 3.8) is 0 Å². The molecule has 188 valence electrons. The van der Waals surface area contributed by atoms with Gasteiger partial charge < -0.3 is 14.0 Å². The van der Waals surface area contributed by atoms with Crippen molar-refractivity contribution in [1.82, 2.24) is 4.57 Å². The van der Waals surface area contributed by atoms with E-state index in [2.05, 4.69) is 4.18 Å². The van der Waals surface area contributed by atoms with Gasteiger partial charge in [0.15, 0.2) is 0 Å². The molecule has 0 unspecified atom stereocenters. The van der Waals surface area contributed by atoms with Crippen LogP contribution >= 0.6 is 0 Å². The van der Waals surface area contributed by atoms with Gasteiger partial charge in [-0.25, -0.2) is 18.4 Å². The van der Waals surface area contributed by atoms with E-state index in [9.17, 15) is 26.8 Å². The maximum absolute atomic E-state index is 15.0. The van der Waals surface area contributed by atoms with E-state index >= 15 is 0 Å². The van der Waals surface area contributed by atoms with Gasteiger partial charge in [-0.15, -0.1) is 0 Å². The molecule has 0 radical (unpaired) electrons. The summed E-state index contributed by atoms with van der Waals surface area (Å²) in [5.41, 5.74) is 0.877. The predicted octanol–water partition coefficient (Wildman–Crippen LogP) is 4.34. The zero-order chi connectivity index (χ0) is 25.8. The summed E-state index contributed by atoms with van der Waals surface area (Å²) in [5.74, 6) is -5.20. The minimum absolute atomic E-state index is 0.0166. The molecule has 0 spiro atoms. The van der Waals surface area contributed by atoms with Crippen LogP contribution in [0, 0.1) is 6.92 Å². The third-order valence-corrected chi connectivity index (χ3v) is 6.30. The first kappa shape index (κ1) is 26.3. The van der Waals surface area contributed by atoms with Gasteiger partial charge in [0.1, 0.15) is 12.3 Å². The third kappa shape index (κ3) is 6.23. The number of carbonyl (C=O) groups is 2. The first-order valence-corrected chi connectivity index (χ1v) is 12.2. The van der Waals surface area contributed by atoms with Gasteiger partial charge >= 0.3 is 11.9 Å². The molecule has 0 fully saturated rings. The lowest BCUT2D eigenvalue weighted by Gasteiger charge is -2.19. The Balaban J connectivity index is 1.93. The molecule has 0 aliphatic heterocycles. The van der Waals surface area contributed by atoms with E-state index in [1.807, 2.05) is 0 Å². The topological polar surface area (TPSA) is 101 Å². The molecular formula is C24H25F2NO7S. The molecule has 0 saturated heterocycles. The van der Waals surface area contributed by atoms with Crippen LogP contribution in [0.2, 0.25) is 0 Å². The van der Waals surface area contributed by atoms with Crippen molar-refractivity contribution < 1.29 is 40.4 Å². The molecule has 35 heavy (non-hydrogen) atoms. The van der Waals surface area contributed by atoms with Crippen LogP contribution < -0.4 is 0 Å². The molecule has 0 bridgehead atoms. The quantitative estimate of drug-likeness (QED) is 0.296. The van der Waals surface area contributed by atoms with Crippen molar-refractivity contribution in [2.24, 2.45) is 0 Å². The summed E-state index contributed by atoms with van der Waals surface area (Å²) in [7, 11) is -4.43. The molecule has 11 heteroatoms. The second-order valence-electron chi connectivity index (χ2n) is 7.72. The van der Waals surface area contributed by atoms with Gasteiger partial charge in [-0.1, -0.05) is 23.8 Å². The summed E-state index contributed by atoms with van der Waals surface area (Å²) >= 11 is 0. The highest BCUT2D eigenvalue weighted by molar-refractivity contribution is 7.86. The molecule has 0 atom stereocenters. The van der Waals surface area contributed by atoms with E-state index in [0.717, 1.165) is 10.1 Å². The van der Waals surface area contributed by atoms with Gasteiger partial charge in [0.05, 0.1) is 30.2 Å². The number of halogens is 2. The molecule has 3 aromatic rings. The second kappa shape index (κ2) is 10.5. The number of aryl methyl sites for hydroxylation is 1. The number of benzene rings is 2. The molecular weight excluding hydrogens is 484 g/mol. The second-order valence-corrected chi connectivity index (χ2v) is 9.33. The Kier molecular flexibility index (Phi) is 7.91. The molecule has 2 aromatic carbocycles. The molecule has 3 rings (SSSR count). The van der Waals surface area contributed by atoms with E-state index in [-0.39, 0.29) is 34.9 Å². The zero-order valence-corrected chi connectivity index (χ0v) is 20.2. The highest BCUT2D eigenvalue weighted by Gasteiger charge is 2.35. The number of esters is 2. The largest absolute Gasteiger partial charge is 0.462 e. The van der Waals surface area contributed by atoms with Crippen molar-refractivity contribution in [3.05, 3.63) is 65.4 Å². The summed E-state index contributed by atoms with van der Waals surface area (Å²) in [5, 5.41) is 0.407. The lowest BCUT2D eigenvalue weighted by atomic mass is 10.1. The number of hydrogen-bond acceptors (Lipinski definition) is 7. The molecule has 0 aliphatic carbocycles. The number of hydrogen-bond donors (Lipinski definition) is 0. The maximum atomic E-state index is 15.0. The highest BCUT2D eigenvalue weighted by atomic mass is 32.2. The van der Waals surface area contributed by atoms with E-state index in [1.54, 1.807) is 20.8 Å². The maximum Gasteiger partial charge on any atom is 0.354 e. The van der Waals surface area contributed by atoms with Gasteiger partial charge in [0, 0.05) is 10.9 Å². The fraction of sp³-hybridized carbons (Fsp3) is 0.333. The number of aromatic nitrogens is 1. The fourth-order valence-electron chi connectivity index (χ4n) is 3.35. The Labute approximate surface area is 201 Å². The molecule has 1 heterocycles. The van der Waals surface area contributed by atoms with E-state index in [0.29, 0.717) is 5.39 Å². The standard InChI is InChI=1S/C24H25F2NO7S/c1-4-32-22(28)18-9-8-17-12-21(23(29)33-5-2)27(20(17)13-18)14-24(25,26)15-34-35(30,31)19-10-6-16(3)7-11-19/h6-13H,4-5,14-15H2,1-3H3. The van der Waals surface area contributed by atoms with Crippen LogP contribution in [0.15, 0.2) is 53.4 Å². The Hall–Kier alpha value is -3.31. The van der Waals surface area contributed by atoms with E-state index in [4.69, 9.17) is 9.47 Å². The van der Waals surface area contributed by atoms with Crippen molar-refractivity contribution in [2.45, 2.75) is 38.1 Å². The predicted molar refractivity (Wildman–Crippen MR) is 123 cm³/mol. The minimum atomic E-state index is -4.43. The summed E-state index contributed by atoms with van der Waals surface area (Å²) in [6.45, 7) is 2.54. The normalized spacial score (nSPS) is 12.0. The van der Waals surface area contributed by atoms with Crippen LogP contribution in [0.3, 0.4) is 0 Å². The van der Waals surface area contributed by atoms with E-state index < -0.39 is 41.1 Å². The van der Waals surface area contributed by atoms with Gasteiger partial charge in [-0.3, -0.25) is 4.18 Å². The van der Waals surface area contributed by atoms with Crippen LogP contribution in [0.4, 0.5) is 8.78 Å². The Morgan fingerprint density at radius 3 is 2.20 bits per heavy atom. The van der Waals surface area contributed by atoms with Gasteiger partial charge in [-0.2, -0.15) is 8.42 Å². The minimum Gasteiger partial charge on any atom is -0.462 e. The summed E-state index contributed by atoms with van der Waals surface area (Å²) < 4.78 is 70.3. The average Bonchev–Trinajstić information content (AvgIpc) is 3.16. The number of carbonyl (C=O) groups excluding carboxylic acids is 2. The summed E-state index contributed by atoms with van der Waals surface area (Å²) in [6, 6.07) is 11.2. The molecule has 0 aliphatic rings. The Bertz CT molecular complexity index is 1330. The highest BCUT2D eigenvalue weighted by Crippen LogP contribution is 2.28. The van der Waals surface area contributed by atoms with Crippen molar-refractivity contribution in [3.8, 4) is 0 Å². The first-order valence-electron chi connectivity index (χ1n) is 10.8. The van der Waals surface area contributed by atoms with E-state index in [1.165, 1.54) is 48.5 Å². The molecule has 8 nitrogen and oxygen atoms in total. The van der Waals surface area contributed by atoms with Gasteiger partial charge in [0.25, 0.3) is 16.0 Å².